The van der Waals surface area contributed by atoms with Crippen LogP contribution in [0.4, 0.5) is 5.82 Å². The quantitative estimate of drug-likeness (QED) is 0.871. The molecule has 0 amide bonds. The number of aliphatic hydroxyl groups is 1. The van der Waals surface area contributed by atoms with E-state index < -0.39 is 5.97 Å². The normalized spacial score (nSPS) is 17.8. The number of aromatic carboxylic acids is 1. The number of carboxylic acids is 1. The monoisotopic (exact) mass is 292 g/mol. The van der Waals surface area contributed by atoms with Crippen molar-refractivity contribution in [3.8, 4) is 0 Å². The van der Waals surface area contributed by atoms with Gasteiger partial charge in [0.2, 0.25) is 0 Å². The van der Waals surface area contributed by atoms with E-state index in [0.29, 0.717) is 11.5 Å². The van der Waals surface area contributed by atoms with E-state index in [0.717, 1.165) is 50.3 Å². The van der Waals surface area contributed by atoms with Crippen molar-refractivity contribution in [1.29, 1.82) is 0 Å². The Kier molecular flexibility index (Phi) is 5.17. The molecule has 5 nitrogen and oxygen atoms in total. The molecule has 1 aliphatic rings. The number of carbonyl (C=O) groups is 1. The van der Waals surface area contributed by atoms with Crippen molar-refractivity contribution in [1.82, 2.24) is 4.98 Å². The Bertz CT molecular complexity index is 494. The standard InChI is InChI=1S/C16H24N2O3/c1-3-4-14-9-13(16(20)21)10-15(17-14)18-7-5-12(6-8-18)11(2)19/h9-12,19H,3-8H2,1-2H3,(H,20,21). The molecular weight excluding hydrogens is 268 g/mol. The zero-order chi connectivity index (χ0) is 15.4. The number of aryl methyl sites for hydroxylation is 1. The molecule has 0 saturated carbocycles. The highest BCUT2D eigenvalue weighted by atomic mass is 16.4. The highest BCUT2D eigenvalue weighted by Crippen LogP contribution is 2.25. The molecule has 0 radical (unpaired) electrons. The largest absolute Gasteiger partial charge is 0.478 e. The van der Waals surface area contributed by atoms with E-state index in [-0.39, 0.29) is 6.10 Å². The van der Waals surface area contributed by atoms with Crippen molar-refractivity contribution < 1.29 is 15.0 Å². The van der Waals surface area contributed by atoms with Crippen molar-refractivity contribution in [3.63, 3.8) is 0 Å². The molecule has 0 bridgehead atoms. The Balaban J connectivity index is 2.17. The van der Waals surface area contributed by atoms with Crippen LogP contribution in [-0.4, -0.2) is 40.4 Å². The maximum Gasteiger partial charge on any atom is 0.335 e. The van der Waals surface area contributed by atoms with E-state index in [1.54, 1.807) is 12.1 Å². The second-order valence-corrected chi connectivity index (χ2v) is 5.83. The zero-order valence-corrected chi connectivity index (χ0v) is 12.7. The third-order valence-electron chi connectivity index (χ3n) is 4.16. The summed E-state index contributed by atoms with van der Waals surface area (Å²) in [6, 6.07) is 3.32. The van der Waals surface area contributed by atoms with Gasteiger partial charge >= 0.3 is 5.97 Å². The van der Waals surface area contributed by atoms with Gasteiger partial charge in [-0.2, -0.15) is 0 Å². The second kappa shape index (κ2) is 6.89. The Labute approximate surface area is 125 Å². The summed E-state index contributed by atoms with van der Waals surface area (Å²) in [6.07, 6.45) is 3.29. The first-order valence-electron chi connectivity index (χ1n) is 7.68. The van der Waals surface area contributed by atoms with Crippen LogP contribution >= 0.6 is 0 Å². The van der Waals surface area contributed by atoms with Crippen LogP contribution < -0.4 is 4.90 Å². The van der Waals surface area contributed by atoms with Crippen LogP contribution in [0.15, 0.2) is 12.1 Å². The fourth-order valence-corrected chi connectivity index (χ4v) is 2.85. The summed E-state index contributed by atoms with van der Waals surface area (Å²) >= 11 is 0. The van der Waals surface area contributed by atoms with Crippen molar-refractivity contribution in [2.24, 2.45) is 5.92 Å². The van der Waals surface area contributed by atoms with Crippen LogP contribution in [0.5, 0.6) is 0 Å². The molecule has 0 aliphatic carbocycles. The van der Waals surface area contributed by atoms with E-state index in [4.69, 9.17) is 0 Å². The van der Waals surface area contributed by atoms with Gasteiger partial charge in [0.25, 0.3) is 0 Å². The molecule has 21 heavy (non-hydrogen) atoms. The van der Waals surface area contributed by atoms with Gasteiger partial charge in [-0.25, -0.2) is 9.78 Å². The smallest absolute Gasteiger partial charge is 0.335 e. The molecule has 1 unspecified atom stereocenters. The molecule has 0 aromatic carbocycles. The van der Waals surface area contributed by atoms with Gasteiger partial charge in [-0.15, -0.1) is 0 Å². The maximum atomic E-state index is 11.3. The van der Waals surface area contributed by atoms with Gasteiger partial charge in [0.05, 0.1) is 11.7 Å². The lowest BCUT2D eigenvalue weighted by atomic mass is 9.92. The van der Waals surface area contributed by atoms with E-state index in [9.17, 15) is 15.0 Å². The van der Waals surface area contributed by atoms with Crippen LogP contribution in [0, 0.1) is 5.92 Å². The lowest BCUT2D eigenvalue weighted by molar-refractivity contribution is 0.0696. The summed E-state index contributed by atoms with van der Waals surface area (Å²) in [6.45, 7) is 5.53. The van der Waals surface area contributed by atoms with E-state index in [1.807, 2.05) is 6.92 Å². The number of aromatic nitrogens is 1. The van der Waals surface area contributed by atoms with Crippen molar-refractivity contribution >= 4 is 11.8 Å². The first kappa shape index (κ1) is 15.8. The van der Waals surface area contributed by atoms with Gasteiger partial charge in [0, 0.05) is 18.8 Å². The minimum Gasteiger partial charge on any atom is -0.478 e. The minimum atomic E-state index is -0.908. The Morgan fingerprint density at radius 2 is 2.10 bits per heavy atom. The number of rotatable bonds is 5. The summed E-state index contributed by atoms with van der Waals surface area (Å²) in [7, 11) is 0. The number of nitrogens with zero attached hydrogens (tertiary/aromatic N) is 2. The predicted molar refractivity (Wildman–Crippen MR) is 81.8 cm³/mol. The van der Waals surface area contributed by atoms with Gasteiger partial charge in [-0.1, -0.05) is 13.3 Å². The van der Waals surface area contributed by atoms with Crippen LogP contribution in [-0.2, 0) is 6.42 Å². The van der Waals surface area contributed by atoms with E-state index in [1.165, 1.54) is 0 Å². The fraction of sp³-hybridized carbons (Fsp3) is 0.625. The Hall–Kier alpha value is -1.62. The number of anilines is 1. The lowest BCUT2D eigenvalue weighted by Gasteiger charge is -2.34. The number of carboxylic acid groups (broad SMARTS) is 1. The molecule has 1 aliphatic heterocycles. The molecule has 1 fully saturated rings. The topological polar surface area (TPSA) is 73.7 Å². The second-order valence-electron chi connectivity index (χ2n) is 5.83. The number of aliphatic hydroxyl groups excluding tert-OH is 1. The average Bonchev–Trinajstić information content (AvgIpc) is 2.47. The summed E-state index contributed by atoms with van der Waals surface area (Å²) < 4.78 is 0. The van der Waals surface area contributed by atoms with Gasteiger partial charge in [0.15, 0.2) is 0 Å². The molecule has 5 heteroatoms. The van der Waals surface area contributed by atoms with E-state index >= 15 is 0 Å². The van der Waals surface area contributed by atoms with Gasteiger partial charge in [-0.3, -0.25) is 0 Å². The SMILES string of the molecule is CCCc1cc(C(=O)O)cc(N2CCC(C(C)O)CC2)n1. The van der Waals surface area contributed by atoms with Crippen LogP contribution in [0.1, 0.15) is 49.2 Å². The fourth-order valence-electron chi connectivity index (χ4n) is 2.85. The van der Waals surface area contributed by atoms with Crippen molar-refractivity contribution in [2.45, 2.75) is 45.6 Å². The molecule has 2 heterocycles. The number of hydrogen-bond donors (Lipinski definition) is 2. The highest BCUT2D eigenvalue weighted by molar-refractivity contribution is 5.88. The lowest BCUT2D eigenvalue weighted by Crippen LogP contribution is -2.37. The number of piperidine rings is 1. The summed E-state index contributed by atoms with van der Waals surface area (Å²) in [5, 5.41) is 18.9. The zero-order valence-electron chi connectivity index (χ0n) is 12.7. The third kappa shape index (κ3) is 3.94. The summed E-state index contributed by atoms with van der Waals surface area (Å²) in [5.41, 5.74) is 1.14. The van der Waals surface area contributed by atoms with Crippen molar-refractivity contribution in [3.05, 3.63) is 23.4 Å². The number of hydrogen-bond acceptors (Lipinski definition) is 4. The average molecular weight is 292 g/mol. The third-order valence-corrected chi connectivity index (χ3v) is 4.16. The predicted octanol–water partition coefficient (Wildman–Crippen LogP) is 2.33. The first-order chi connectivity index (χ1) is 10.0. The molecule has 1 aromatic heterocycles. The van der Waals surface area contributed by atoms with Crippen LogP contribution in [0.2, 0.25) is 0 Å². The summed E-state index contributed by atoms with van der Waals surface area (Å²) in [4.78, 5) is 18.0. The molecule has 1 saturated heterocycles. The van der Waals surface area contributed by atoms with Gasteiger partial charge < -0.3 is 15.1 Å². The van der Waals surface area contributed by atoms with Gasteiger partial charge in [-0.05, 0) is 44.2 Å². The Morgan fingerprint density at radius 3 is 2.62 bits per heavy atom. The molecule has 2 rings (SSSR count). The molecule has 2 N–H and O–H groups in total. The molecule has 1 atom stereocenters. The minimum absolute atomic E-state index is 0.277. The molecular formula is C16H24N2O3. The number of pyridine rings is 1. The molecule has 1 aromatic rings. The van der Waals surface area contributed by atoms with Crippen molar-refractivity contribution in [2.75, 3.05) is 18.0 Å². The van der Waals surface area contributed by atoms with E-state index in [2.05, 4.69) is 16.8 Å². The summed E-state index contributed by atoms with van der Waals surface area (Å²) in [5.74, 6) is 0.177. The Morgan fingerprint density at radius 1 is 1.43 bits per heavy atom. The molecule has 0 spiro atoms. The highest BCUT2D eigenvalue weighted by Gasteiger charge is 2.24. The van der Waals surface area contributed by atoms with Crippen LogP contribution in [0.3, 0.4) is 0 Å². The maximum absolute atomic E-state index is 11.3. The van der Waals surface area contributed by atoms with Gasteiger partial charge in [0.1, 0.15) is 5.82 Å². The van der Waals surface area contributed by atoms with Crippen LogP contribution in [0.25, 0.3) is 0 Å². The first-order valence-corrected chi connectivity index (χ1v) is 7.68. The molecule has 116 valence electrons.